The number of rotatable bonds is 1. The van der Waals surface area contributed by atoms with Crippen LogP contribution in [0, 0.1) is 17.8 Å². The van der Waals surface area contributed by atoms with Gasteiger partial charge in [0.15, 0.2) is 0 Å². The molecule has 3 atom stereocenters. The van der Waals surface area contributed by atoms with Gasteiger partial charge in [0.05, 0.1) is 5.92 Å². The maximum absolute atomic E-state index is 11.1. The Bertz CT molecular complexity index is 247. The van der Waals surface area contributed by atoms with Gasteiger partial charge in [-0.3, -0.25) is 9.59 Å². The first-order valence-electron chi connectivity index (χ1n) is 4.91. The van der Waals surface area contributed by atoms with Gasteiger partial charge < -0.3 is 5.11 Å². The molecule has 0 aliphatic heterocycles. The number of carbonyl (C=O) groups excluding carboxylic acids is 1. The van der Waals surface area contributed by atoms with E-state index in [0.717, 1.165) is 19.3 Å². The largest absolute Gasteiger partial charge is 0.481 e. The monoisotopic (exact) mass is 182 g/mol. The van der Waals surface area contributed by atoms with Crippen LogP contribution in [-0.2, 0) is 9.59 Å². The molecule has 0 aromatic heterocycles. The van der Waals surface area contributed by atoms with Gasteiger partial charge in [-0.25, -0.2) is 0 Å². The number of hydrogen-bond donors (Lipinski definition) is 1. The van der Waals surface area contributed by atoms with Crippen molar-refractivity contribution < 1.29 is 14.7 Å². The molecule has 3 nitrogen and oxygen atoms in total. The van der Waals surface area contributed by atoms with E-state index in [2.05, 4.69) is 0 Å². The highest BCUT2D eigenvalue weighted by Crippen LogP contribution is 2.44. The Morgan fingerprint density at radius 1 is 1.31 bits per heavy atom. The molecule has 0 spiro atoms. The van der Waals surface area contributed by atoms with Gasteiger partial charge in [-0.05, 0) is 31.1 Å². The van der Waals surface area contributed by atoms with E-state index in [1.807, 2.05) is 0 Å². The zero-order valence-electron chi connectivity index (χ0n) is 7.53. The van der Waals surface area contributed by atoms with Crippen molar-refractivity contribution in [2.75, 3.05) is 0 Å². The van der Waals surface area contributed by atoms with E-state index in [1.54, 1.807) is 0 Å². The van der Waals surface area contributed by atoms with Gasteiger partial charge in [-0.1, -0.05) is 0 Å². The van der Waals surface area contributed by atoms with Gasteiger partial charge in [-0.15, -0.1) is 0 Å². The summed E-state index contributed by atoms with van der Waals surface area (Å²) in [7, 11) is 0. The molecule has 2 saturated carbocycles. The molecule has 3 unspecified atom stereocenters. The number of aliphatic carboxylic acids is 1. The number of carboxylic acids is 1. The number of hydrogen-bond acceptors (Lipinski definition) is 2. The molecule has 2 aliphatic carbocycles. The zero-order valence-corrected chi connectivity index (χ0v) is 7.53. The van der Waals surface area contributed by atoms with E-state index >= 15 is 0 Å². The SMILES string of the molecule is O=C1CCC2CC(C(=O)O)CC2C1. The summed E-state index contributed by atoms with van der Waals surface area (Å²) < 4.78 is 0. The molecule has 13 heavy (non-hydrogen) atoms. The molecule has 2 fully saturated rings. The number of carbonyl (C=O) groups is 2. The molecule has 0 aromatic rings. The van der Waals surface area contributed by atoms with E-state index < -0.39 is 5.97 Å². The molecule has 72 valence electrons. The Hall–Kier alpha value is -0.860. The lowest BCUT2D eigenvalue weighted by Gasteiger charge is -2.23. The van der Waals surface area contributed by atoms with Crippen molar-refractivity contribution in [1.82, 2.24) is 0 Å². The molecule has 2 aliphatic rings. The maximum atomic E-state index is 11.1. The first-order chi connectivity index (χ1) is 6.16. The zero-order chi connectivity index (χ0) is 9.42. The maximum Gasteiger partial charge on any atom is 0.306 e. The third-order valence-electron chi connectivity index (χ3n) is 3.47. The number of ketones is 1. The molecule has 0 saturated heterocycles. The highest BCUT2D eigenvalue weighted by Gasteiger charge is 2.40. The van der Waals surface area contributed by atoms with Gasteiger partial charge in [0.2, 0.25) is 0 Å². The van der Waals surface area contributed by atoms with Gasteiger partial charge >= 0.3 is 5.97 Å². The summed E-state index contributed by atoms with van der Waals surface area (Å²) in [5.41, 5.74) is 0. The molecule has 0 heterocycles. The van der Waals surface area contributed by atoms with E-state index in [9.17, 15) is 9.59 Å². The predicted octanol–water partition coefficient (Wildman–Crippen LogP) is 1.47. The molecule has 3 heteroatoms. The standard InChI is InChI=1S/C10H14O3/c11-9-2-1-6-3-8(10(12)13)4-7(6)5-9/h6-8H,1-5H2,(H,12,13). The summed E-state index contributed by atoms with van der Waals surface area (Å²) in [4.78, 5) is 21.9. The van der Waals surface area contributed by atoms with Crippen molar-refractivity contribution >= 4 is 11.8 Å². The summed E-state index contributed by atoms with van der Waals surface area (Å²) in [5, 5.41) is 8.84. The lowest BCUT2D eigenvalue weighted by atomic mass is 9.81. The fourth-order valence-electron chi connectivity index (χ4n) is 2.76. The van der Waals surface area contributed by atoms with E-state index in [0.29, 0.717) is 30.5 Å². The number of Topliss-reactive ketones (excluding diaryl/α,β-unsaturated/α-hetero) is 1. The second-order valence-electron chi connectivity index (χ2n) is 4.31. The van der Waals surface area contributed by atoms with Crippen molar-refractivity contribution in [2.45, 2.75) is 32.1 Å². The number of fused-ring (bicyclic) bond motifs is 1. The Morgan fingerprint density at radius 3 is 2.69 bits per heavy atom. The van der Waals surface area contributed by atoms with Crippen molar-refractivity contribution in [2.24, 2.45) is 17.8 Å². The molecule has 0 amide bonds. The minimum absolute atomic E-state index is 0.180. The Morgan fingerprint density at radius 2 is 2.00 bits per heavy atom. The summed E-state index contributed by atoms with van der Waals surface area (Å²) in [5.74, 6) is 0.358. The topological polar surface area (TPSA) is 54.4 Å². The lowest BCUT2D eigenvalue weighted by Crippen LogP contribution is -2.19. The van der Waals surface area contributed by atoms with Crippen molar-refractivity contribution in [3.8, 4) is 0 Å². The molecule has 0 aromatic carbocycles. The molecule has 0 radical (unpaired) electrons. The van der Waals surface area contributed by atoms with Crippen LogP contribution in [0.25, 0.3) is 0 Å². The fourth-order valence-corrected chi connectivity index (χ4v) is 2.76. The van der Waals surface area contributed by atoms with Gasteiger partial charge in [-0.2, -0.15) is 0 Å². The quantitative estimate of drug-likeness (QED) is 0.668. The van der Waals surface area contributed by atoms with E-state index in [4.69, 9.17) is 5.11 Å². The van der Waals surface area contributed by atoms with Crippen LogP contribution in [0.4, 0.5) is 0 Å². The van der Waals surface area contributed by atoms with Crippen LogP contribution in [0.3, 0.4) is 0 Å². The second-order valence-corrected chi connectivity index (χ2v) is 4.31. The molecular weight excluding hydrogens is 168 g/mol. The highest BCUT2D eigenvalue weighted by molar-refractivity contribution is 5.80. The predicted molar refractivity (Wildman–Crippen MR) is 46.2 cm³/mol. The first-order valence-corrected chi connectivity index (χ1v) is 4.91. The Kier molecular flexibility index (Phi) is 2.10. The Labute approximate surface area is 77.1 Å². The summed E-state index contributed by atoms with van der Waals surface area (Å²) in [6.07, 6.45) is 3.76. The number of carboxylic acid groups (broad SMARTS) is 1. The van der Waals surface area contributed by atoms with Crippen LogP contribution in [0.2, 0.25) is 0 Å². The average molecular weight is 182 g/mol. The van der Waals surface area contributed by atoms with Crippen LogP contribution < -0.4 is 0 Å². The lowest BCUT2D eigenvalue weighted by molar-refractivity contribution is -0.141. The van der Waals surface area contributed by atoms with Gasteiger partial charge in [0.25, 0.3) is 0 Å². The van der Waals surface area contributed by atoms with Crippen LogP contribution in [0.5, 0.6) is 0 Å². The van der Waals surface area contributed by atoms with Crippen LogP contribution in [0.15, 0.2) is 0 Å². The molecular formula is C10H14O3. The summed E-state index contributed by atoms with van der Waals surface area (Å²) in [6, 6.07) is 0. The minimum Gasteiger partial charge on any atom is -0.481 e. The third-order valence-corrected chi connectivity index (χ3v) is 3.47. The summed E-state index contributed by atoms with van der Waals surface area (Å²) in [6.45, 7) is 0. The fraction of sp³-hybridized carbons (Fsp3) is 0.800. The smallest absolute Gasteiger partial charge is 0.306 e. The highest BCUT2D eigenvalue weighted by atomic mass is 16.4. The molecule has 2 rings (SSSR count). The minimum atomic E-state index is -0.679. The Balaban J connectivity index is 2.02. The first kappa shape index (κ1) is 8.73. The van der Waals surface area contributed by atoms with Crippen LogP contribution in [0.1, 0.15) is 32.1 Å². The normalized spacial score (nSPS) is 38.8. The molecule has 0 bridgehead atoms. The third kappa shape index (κ3) is 1.60. The second kappa shape index (κ2) is 3.13. The van der Waals surface area contributed by atoms with E-state index in [-0.39, 0.29) is 5.92 Å². The van der Waals surface area contributed by atoms with E-state index in [1.165, 1.54) is 0 Å². The summed E-state index contributed by atoms with van der Waals surface area (Å²) >= 11 is 0. The average Bonchev–Trinajstić information content (AvgIpc) is 2.46. The van der Waals surface area contributed by atoms with Crippen molar-refractivity contribution in [1.29, 1.82) is 0 Å². The van der Waals surface area contributed by atoms with Crippen molar-refractivity contribution in [3.63, 3.8) is 0 Å². The molecule has 1 N–H and O–H groups in total. The van der Waals surface area contributed by atoms with Crippen LogP contribution in [-0.4, -0.2) is 16.9 Å². The van der Waals surface area contributed by atoms with Gasteiger partial charge in [0, 0.05) is 12.8 Å². The van der Waals surface area contributed by atoms with Crippen LogP contribution >= 0.6 is 0 Å². The van der Waals surface area contributed by atoms with Crippen molar-refractivity contribution in [3.05, 3.63) is 0 Å². The van der Waals surface area contributed by atoms with Gasteiger partial charge in [0.1, 0.15) is 5.78 Å².